The SMILES string of the molecule is CC(C)CN1C(=O)CSC1c1cccn1C. The summed E-state index contributed by atoms with van der Waals surface area (Å²) < 4.78 is 2.10. The minimum Gasteiger partial charge on any atom is -0.352 e. The van der Waals surface area contributed by atoms with Crippen molar-refractivity contribution in [2.75, 3.05) is 12.3 Å². The largest absolute Gasteiger partial charge is 0.352 e. The number of hydrogen-bond donors (Lipinski definition) is 0. The first-order chi connectivity index (χ1) is 7.59. The maximum atomic E-state index is 11.8. The van der Waals surface area contributed by atoms with E-state index < -0.39 is 0 Å². The summed E-state index contributed by atoms with van der Waals surface area (Å²) in [5.74, 6) is 1.40. The van der Waals surface area contributed by atoms with Crippen LogP contribution < -0.4 is 0 Å². The first-order valence-corrected chi connectivity index (χ1v) is 6.66. The molecule has 0 aliphatic carbocycles. The Morgan fingerprint density at radius 3 is 2.88 bits per heavy atom. The summed E-state index contributed by atoms with van der Waals surface area (Å²) in [5.41, 5.74) is 1.22. The Morgan fingerprint density at radius 1 is 1.56 bits per heavy atom. The molecule has 0 N–H and O–H groups in total. The first kappa shape index (κ1) is 11.6. The van der Waals surface area contributed by atoms with E-state index in [1.165, 1.54) is 5.69 Å². The van der Waals surface area contributed by atoms with Crippen molar-refractivity contribution in [2.45, 2.75) is 19.2 Å². The average molecular weight is 238 g/mol. The van der Waals surface area contributed by atoms with E-state index in [2.05, 4.69) is 24.5 Å². The molecule has 1 aromatic heterocycles. The maximum Gasteiger partial charge on any atom is 0.233 e. The molecule has 0 spiro atoms. The number of hydrogen-bond acceptors (Lipinski definition) is 2. The van der Waals surface area contributed by atoms with Gasteiger partial charge in [0.15, 0.2) is 0 Å². The van der Waals surface area contributed by atoms with E-state index in [4.69, 9.17) is 0 Å². The lowest BCUT2D eigenvalue weighted by Crippen LogP contribution is -2.32. The van der Waals surface area contributed by atoms with Crippen LogP contribution in [0.4, 0.5) is 0 Å². The van der Waals surface area contributed by atoms with Gasteiger partial charge in [0.25, 0.3) is 0 Å². The Bertz CT molecular complexity index is 386. The van der Waals surface area contributed by atoms with Gasteiger partial charge in [-0.15, -0.1) is 11.8 Å². The number of amides is 1. The molecule has 1 atom stereocenters. The van der Waals surface area contributed by atoms with E-state index >= 15 is 0 Å². The van der Waals surface area contributed by atoms with Gasteiger partial charge >= 0.3 is 0 Å². The highest BCUT2D eigenvalue weighted by Gasteiger charge is 2.34. The van der Waals surface area contributed by atoms with Gasteiger partial charge in [-0.05, 0) is 18.1 Å². The molecule has 16 heavy (non-hydrogen) atoms. The standard InChI is InChI=1S/C12H18N2OS/c1-9(2)7-14-11(15)8-16-12(14)10-5-4-6-13(10)3/h4-6,9,12H,7-8H2,1-3H3. The van der Waals surface area contributed by atoms with Gasteiger partial charge in [0.05, 0.1) is 11.4 Å². The van der Waals surface area contributed by atoms with E-state index in [1.54, 1.807) is 11.8 Å². The zero-order chi connectivity index (χ0) is 11.7. The molecule has 0 aromatic carbocycles. The molecule has 1 unspecified atom stereocenters. The third-order valence-electron chi connectivity index (χ3n) is 2.77. The van der Waals surface area contributed by atoms with Gasteiger partial charge in [-0.3, -0.25) is 4.79 Å². The van der Waals surface area contributed by atoms with E-state index in [0.717, 1.165) is 6.54 Å². The summed E-state index contributed by atoms with van der Waals surface area (Å²) in [7, 11) is 2.03. The molecule has 1 saturated heterocycles. The summed E-state index contributed by atoms with van der Waals surface area (Å²) in [4.78, 5) is 13.8. The first-order valence-electron chi connectivity index (χ1n) is 5.62. The van der Waals surface area contributed by atoms with Crippen molar-refractivity contribution in [1.29, 1.82) is 0 Å². The zero-order valence-corrected chi connectivity index (χ0v) is 10.8. The summed E-state index contributed by atoms with van der Waals surface area (Å²) in [5, 5.41) is 0.204. The summed E-state index contributed by atoms with van der Waals surface area (Å²) >= 11 is 1.73. The van der Waals surface area contributed by atoms with Gasteiger partial charge in [-0.2, -0.15) is 0 Å². The van der Waals surface area contributed by atoms with Gasteiger partial charge in [-0.25, -0.2) is 0 Å². The molecule has 0 saturated carbocycles. The fraction of sp³-hybridized carbons (Fsp3) is 0.583. The molecule has 1 aromatic rings. The van der Waals surface area contributed by atoms with Crippen molar-refractivity contribution >= 4 is 17.7 Å². The molecule has 88 valence electrons. The average Bonchev–Trinajstić information content (AvgIpc) is 2.75. The molecular weight excluding hydrogens is 220 g/mol. The Morgan fingerprint density at radius 2 is 2.31 bits per heavy atom. The van der Waals surface area contributed by atoms with Crippen LogP contribution in [0.15, 0.2) is 18.3 Å². The summed E-state index contributed by atoms with van der Waals surface area (Å²) in [6, 6.07) is 4.13. The molecule has 4 heteroatoms. The number of carbonyl (C=O) groups is 1. The lowest BCUT2D eigenvalue weighted by atomic mass is 10.2. The van der Waals surface area contributed by atoms with Crippen molar-refractivity contribution in [1.82, 2.24) is 9.47 Å². The second kappa shape index (κ2) is 4.53. The molecule has 2 rings (SSSR count). The Kier molecular flexibility index (Phi) is 3.28. The predicted molar refractivity (Wildman–Crippen MR) is 67.2 cm³/mol. The number of thioether (sulfide) groups is 1. The molecule has 0 bridgehead atoms. The number of aryl methyl sites for hydroxylation is 1. The molecule has 0 radical (unpaired) electrons. The zero-order valence-electron chi connectivity index (χ0n) is 10.0. The highest BCUT2D eigenvalue weighted by Crippen LogP contribution is 2.38. The number of rotatable bonds is 3. The third-order valence-corrected chi connectivity index (χ3v) is 3.99. The normalized spacial score (nSPS) is 21.1. The second-order valence-corrected chi connectivity index (χ2v) is 5.72. The third kappa shape index (κ3) is 2.12. The molecule has 1 fully saturated rings. The lowest BCUT2D eigenvalue weighted by molar-refractivity contribution is -0.128. The molecular formula is C12H18N2OS. The minimum atomic E-state index is 0.204. The van der Waals surface area contributed by atoms with Crippen LogP contribution in [-0.2, 0) is 11.8 Å². The molecule has 1 aliphatic heterocycles. The van der Waals surface area contributed by atoms with Gasteiger partial charge in [0.1, 0.15) is 5.37 Å². The van der Waals surface area contributed by atoms with Crippen molar-refractivity contribution in [3.63, 3.8) is 0 Å². The fourth-order valence-corrected chi connectivity index (χ4v) is 3.29. The quantitative estimate of drug-likeness (QED) is 0.807. The van der Waals surface area contributed by atoms with Crippen LogP contribution in [0.3, 0.4) is 0 Å². The molecule has 1 amide bonds. The highest BCUT2D eigenvalue weighted by atomic mass is 32.2. The van der Waals surface area contributed by atoms with Gasteiger partial charge < -0.3 is 9.47 Å². The van der Waals surface area contributed by atoms with Gasteiger partial charge in [-0.1, -0.05) is 13.8 Å². The molecule has 3 nitrogen and oxygen atoms in total. The molecule has 2 heterocycles. The van der Waals surface area contributed by atoms with Crippen molar-refractivity contribution < 1.29 is 4.79 Å². The van der Waals surface area contributed by atoms with Crippen molar-refractivity contribution in [3.8, 4) is 0 Å². The fourth-order valence-electron chi connectivity index (χ4n) is 2.02. The van der Waals surface area contributed by atoms with Crippen LogP contribution in [0, 0.1) is 5.92 Å². The minimum absolute atomic E-state index is 0.204. The summed E-state index contributed by atoms with van der Waals surface area (Å²) in [6.07, 6.45) is 2.03. The van der Waals surface area contributed by atoms with Crippen LogP contribution >= 0.6 is 11.8 Å². The van der Waals surface area contributed by atoms with E-state index in [0.29, 0.717) is 11.7 Å². The Hall–Kier alpha value is -0.900. The topological polar surface area (TPSA) is 25.2 Å². The van der Waals surface area contributed by atoms with E-state index in [1.807, 2.05) is 24.2 Å². The molecule has 1 aliphatic rings. The van der Waals surface area contributed by atoms with Gasteiger partial charge in [0, 0.05) is 19.8 Å². The summed E-state index contributed by atoms with van der Waals surface area (Å²) in [6.45, 7) is 5.15. The van der Waals surface area contributed by atoms with E-state index in [-0.39, 0.29) is 11.3 Å². The lowest BCUT2D eigenvalue weighted by Gasteiger charge is -2.26. The second-order valence-electron chi connectivity index (χ2n) is 4.65. The Labute approximate surface area is 101 Å². The smallest absolute Gasteiger partial charge is 0.233 e. The Balaban J connectivity index is 2.21. The highest BCUT2D eigenvalue weighted by molar-refractivity contribution is 8.00. The van der Waals surface area contributed by atoms with Gasteiger partial charge in [0.2, 0.25) is 5.91 Å². The van der Waals surface area contributed by atoms with Crippen molar-refractivity contribution in [3.05, 3.63) is 24.0 Å². The van der Waals surface area contributed by atoms with Crippen LogP contribution in [-0.4, -0.2) is 27.7 Å². The van der Waals surface area contributed by atoms with E-state index in [9.17, 15) is 4.79 Å². The monoisotopic (exact) mass is 238 g/mol. The van der Waals surface area contributed by atoms with Crippen LogP contribution in [0.5, 0.6) is 0 Å². The van der Waals surface area contributed by atoms with Crippen LogP contribution in [0.1, 0.15) is 24.9 Å². The number of carbonyl (C=O) groups excluding carboxylic acids is 1. The predicted octanol–water partition coefficient (Wildman–Crippen LogP) is 2.26. The van der Waals surface area contributed by atoms with Crippen LogP contribution in [0.2, 0.25) is 0 Å². The number of nitrogens with zero attached hydrogens (tertiary/aromatic N) is 2. The number of aromatic nitrogens is 1. The van der Waals surface area contributed by atoms with Crippen LogP contribution in [0.25, 0.3) is 0 Å². The van der Waals surface area contributed by atoms with Crippen molar-refractivity contribution in [2.24, 2.45) is 13.0 Å². The maximum absolute atomic E-state index is 11.8.